The highest BCUT2D eigenvalue weighted by Crippen LogP contribution is 2.30. The number of hydrogen-bond acceptors (Lipinski definition) is 0. The molecular formula is C12H12F3ISi. The van der Waals surface area contributed by atoms with Gasteiger partial charge >= 0.3 is 6.18 Å². The second-order valence-electron chi connectivity index (χ2n) is 4.69. The second kappa shape index (κ2) is 5.02. The lowest BCUT2D eigenvalue weighted by Gasteiger charge is -2.08. The fraction of sp³-hybridized carbons (Fsp3) is 0.333. The zero-order valence-corrected chi connectivity index (χ0v) is 12.9. The van der Waals surface area contributed by atoms with Crippen LogP contribution in [0.25, 0.3) is 0 Å². The van der Waals surface area contributed by atoms with Gasteiger partial charge in [-0.05, 0) is 40.8 Å². The van der Waals surface area contributed by atoms with Crippen molar-refractivity contribution in [1.82, 2.24) is 0 Å². The van der Waals surface area contributed by atoms with Crippen molar-refractivity contribution in [1.29, 1.82) is 0 Å². The number of alkyl halides is 3. The highest BCUT2D eigenvalue weighted by molar-refractivity contribution is 14.1. The average molecular weight is 368 g/mol. The first-order valence-corrected chi connectivity index (χ1v) is 9.57. The molecule has 0 atom stereocenters. The van der Waals surface area contributed by atoms with Crippen LogP contribution in [0, 0.1) is 15.0 Å². The van der Waals surface area contributed by atoms with E-state index in [0.717, 1.165) is 12.1 Å². The van der Waals surface area contributed by atoms with Crippen LogP contribution in [-0.4, -0.2) is 8.07 Å². The van der Waals surface area contributed by atoms with E-state index in [1.165, 1.54) is 6.07 Å². The largest absolute Gasteiger partial charge is 0.416 e. The van der Waals surface area contributed by atoms with Crippen LogP contribution >= 0.6 is 22.6 Å². The van der Waals surface area contributed by atoms with Gasteiger partial charge in [0.2, 0.25) is 0 Å². The summed E-state index contributed by atoms with van der Waals surface area (Å²) >= 11 is 1.89. The summed E-state index contributed by atoms with van der Waals surface area (Å²) in [6.07, 6.45) is -4.29. The van der Waals surface area contributed by atoms with Gasteiger partial charge in [0.15, 0.2) is 0 Å². The molecule has 0 spiro atoms. The van der Waals surface area contributed by atoms with E-state index in [1.54, 1.807) is 0 Å². The third-order valence-electron chi connectivity index (χ3n) is 1.87. The van der Waals surface area contributed by atoms with Crippen molar-refractivity contribution < 1.29 is 13.2 Å². The fourth-order valence-electron chi connectivity index (χ4n) is 1.05. The minimum atomic E-state index is -4.29. The van der Waals surface area contributed by atoms with Gasteiger partial charge in [-0.15, -0.1) is 5.54 Å². The molecule has 0 heterocycles. The van der Waals surface area contributed by atoms with Crippen molar-refractivity contribution in [3.05, 3.63) is 32.9 Å². The Labute approximate surface area is 114 Å². The van der Waals surface area contributed by atoms with Crippen LogP contribution < -0.4 is 0 Å². The van der Waals surface area contributed by atoms with E-state index in [-0.39, 0.29) is 0 Å². The number of halogens is 4. The van der Waals surface area contributed by atoms with Crippen LogP contribution in [0.1, 0.15) is 11.1 Å². The van der Waals surface area contributed by atoms with Crippen LogP contribution in [0.4, 0.5) is 13.2 Å². The van der Waals surface area contributed by atoms with Crippen molar-refractivity contribution in [3.8, 4) is 11.5 Å². The lowest BCUT2D eigenvalue weighted by atomic mass is 10.1. The van der Waals surface area contributed by atoms with Crippen LogP contribution in [-0.2, 0) is 6.18 Å². The third kappa shape index (κ3) is 4.72. The molecule has 0 nitrogen and oxygen atoms in total. The summed E-state index contributed by atoms with van der Waals surface area (Å²) in [6.45, 7) is 6.28. The topological polar surface area (TPSA) is 0 Å². The molecule has 1 aromatic carbocycles. The Hall–Kier alpha value is -0.483. The first kappa shape index (κ1) is 14.6. The van der Waals surface area contributed by atoms with Gasteiger partial charge < -0.3 is 0 Å². The van der Waals surface area contributed by atoms with E-state index in [2.05, 4.69) is 31.1 Å². The lowest BCUT2D eigenvalue weighted by Crippen LogP contribution is -2.16. The molecule has 0 saturated heterocycles. The summed E-state index contributed by atoms with van der Waals surface area (Å²) in [7, 11) is -1.50. The average Bonchev–Trinajstić information content (AvgIpc) is 2.12. The zero-order valence-electron chi connectivity index (χ0n) is 9.74. The molecule has 5 heteroatoms. The van der Waals surface area contributed by atoms with E-state index in [1.807, 2.05) is 22.6 Å². The van der Waals surface area contributed by atoms with E-state index < -0.39 is 19.8 Å². The van der Waals surface area contributed by atoms with Gasteiger partial charge in [0.25, 0.3) is 0 Å². The first-order chi connectivity index (χ1) is 7.59. The lowest BCUT2D eigenvalue weighted by molar-refractivity contribution is -0.137. The minimum absolute atomic E-state index is 0.545. The molecule has 0 bridgehead atoms. The highest BCUT2D eigenvalue weighted by atomic mass is 127. The maximum absolute atomic E-state index is 12.4. The molecule has 17 heavy (non-hydrogen) atoms. The number of benzene rings is 1. The van der Waals surface area contributed by atoms with Gasteiger partial charge in [0.1, 0.15) is 8.07 Å². The van der Waals surface area contributed by atoms with Crippen LogP contribution in [0.2, 0.25) is 19.6 Å². The molecule has 0 aliphatic heterocycles. The maximum Gasteiger partial charge on any atom is 0.416 e. The molecule has 0 N–H and O–H groups in total. The van der Waals surface area contributed by atoms with Gasteiger partial charge in [-0.25, -0.2) is 0 Å². The van der Waals surface area contributed by atoms with Crippen LogP contribution in [0.3, 0.4) is 0 Å². The first-order valence-electron chi connectivity index (χ1n) is 4.99. The molecule has 0 aromatic heterocycles. The smallest absolute Gasteiger partial charge is 0.166 e. The van der Waals surface area contributed by atoms with Gasteiger partial charge in [-0.1, -0.05) is 25.6 Å². The molecule has 0 aliphatic carbocycles. The van der Waals surface area contributed by atoms with Crippen molar-refractivity contribution >= 4 is 30.7 Å². The van der Waals surface area contributed by atoms with Gasteiger partial charge in [-0.3, -0.25) is 0 Å². The van der Waals surface area contributed by atoms with E-state index in [4.69, 9.17) is 0 Å². The Bertz CT molecular complexity index is 475. The van der Waals surface area contributed by atoms with Gasteiger partial charge in [0, 0.05) is 9.13 Å². The standard InChI is InChI=1S/C12H12F3ISi/c1-17(2,3)7-6-9-4-5-10(8-11(9)16)12(13,14)15/h4-5,8H,1-3H3. The fourth-order valence-corrected chi connectivity index (χ4v) is 2.21. The molecule has 1 rings (SSSR count). The molecule has 0 aliphatic rings. The Balaban J connectivity index is 3.10. The minimum Gasteiger partial charge on any atom is -0.166 e. The summed E-state index contributed by atoms with van der Waals surface area (Å²) in [5.41, 5.74) is 3.18. The van der Waals surface area contributed by atoms with Gasteiger partial charge in [0.05, 0.1) is 5.56 Å². The summed E-state index contributed by atoms with van der Waals surface area (Å²) in [6, 6.07) is 3.66. The predicted octanol–water partition coefficient (Wildman–Crippen LogP) is 4.54. The van der Waals surface area contributed by atoms with Crippen molar-refractivity contribution in [2.45, 2.75) is 25.8 Å². The molecule has 0 amide bonds. The van der Waals surface area contributed by atoms with E-state index in [0.29, 0.717) is 9.13 Å². The maximum atomic E-state index is 12.4. The van der Waals surface area contributed by atoms with Crippen molar-refractivity contribution in [2.24, 2.45) is 0 Å². The van der Waals surface area contributed by atoms with Gasteiger partial charge in [-0.2, -0.15) is 13.2 Å². The molecule has 1 aromatic rings. The summed E-state index contributed by atoms with van der Waals surface area (Å²) < 4.78 is 37.9. The predicted molar refractivity (Wildman–Crippen MR) is 74.4 cm³/mol. The third-order valence-corrected chi connectivity index (χ3v) is 3.64. The van der Waals surface area contributed by atoms with Crippen molar-refractivity contribution in [2.75, 3.05) is 0 Å². The Morgan fingerprint density at radius 2 is 1.76 bits per heavy atom. The monoisotopic (exact) mass is 368 g/mol. The van der Waals surface area contributed by atoms with Crippen LogP contribution in [0.5, 0.6) is 0 Å². The normalized spacial score (nSPS) is 11.9. The Morgan fingerprint density at radius 1 is 1.18 bits per heavy atom. The van der Waals surface area contributed by atoms with E-state index >= 15 is 0 Å². The number of hydrogen-bond donors (Lipinski definition) is 0. The summed E-state index contributed by atoms with van der Waals surface area (Å²) in [5.74, 6) is 2.97. The quantitative estimate of drug-likeness (QED) is 0.358. The molecule has 0 unspecified atom stereocenters. The second-order valence-corrected chi connectivity index (χ2v) is 10.6. The molecule has 0 fully saturated rings. The van der Waals surface area contributed by atoms with Crippen molar-refractivity contribution in [3.63, 3.8) is 0 Å². The Morgan fingerprint density at radius 3 is 2.18 bits per heavy atom. The van der Waals surface area contributed by atoms with E-state index in [9.17, 15) is 13.2 Å². The molecule has 0 saturated carbocycles. The number of rotatable bonds is 0. The summed E-state index contributed by atoms with van der Waals surface area (Å²) in [4.78, 5) is 0. The highest BCUT2D eigenvalue weighted by Gasteiger charge is 2.30. The Kier molecular flexibility index (Phi) is 4.31. The van der Waals surface area contributed by atoms with Crippen LogP contribution in [0.15, 0.2) is 18.2 Å². The molecule has 0 radical (unpaired) electrons. The zero-order chi connectivity index (χ0) is 13.3. The molecule has 92 valence electrons. The SMILES string of the molecule is C[Si](C)(C)C#Cc1ccc(C(F)(F)F)cc1I. The molecular weight excluding hydrogens is 356 g/mol. The summed E-state index contributed by atoms with van der Waals surface area (Å²) in [5, 5.41) is 0.